The van der Waals surface area contributed by atoms with E-state index in [4.69, 9.17) is 16.3 Å². The maximum Gasteiger partial charge on any atom is 0.196 e. The lowest BCUT2D eigenvalue weighted by Crippen LogP contribution is -2.03. The van der Waals surface area contributed by atoms with Gasteiger partial charge in [-0.15, -0.1) is 10.2 Å². The maximum absolute atomic E-state index is 6.08. The van der Waals surface area contributed by atoms with Crippen LogP contribution in [0.4, 0.5) is 0 Å². The van der Waals surface area contributed by atoms with Crippen LogP contribution in [0.3, 0.4) is 0 Å². The van der Waals surface area contributed by atoms with E-state index in [0.29, 0.717) is 11.6 Å². The van der Waals surface area contributed by atoms with Gasteiger partial charge in [0.25, 0.3) is 0 Å². The van der Waals surface area contributed by atoms with E-state index in [-0.39, 0.29) is 0 Å². The van der Waals surface area contributed by atoms with Crippen LogP contribution in [0.2, 0.25) is 5.02 Å². The van der Waals surface area contributed by atoms with Crippen LogP contribution in [0.25, 0.3) is 17.1 Å². The van der Waals surface area contributed by atoms with Gasteiger partial charge in [0.05, 0.1) is 6.61 Å². The highest BCUT2D eigenvalue weighted by atomic mass is 35.5. The molecule has 3 aromatic carbocycles. The molecule has 1 aromatic heterocycles. The van der Waals surface area contributed by atoms with Crippen LogP contribution in [0.5, 0.6) is 5.75 Å². The minimum Gasteiger partial charge on any atom is -0.493 e. The highest BCUT2D eigenvalue weighted by molar-refractivity contribution is 7.99. The Bertz CT molecular complexity index is 1060. The average Bonchev–Trinajstić information content (AvgIpc) is 3.17. The fourth-order valence-corrected chi connectivity index (χ4v) is 3.78. The van der Waals surface area contributed by atoms with E-state index < -0.39 is 0 Å². The smallest absolute Gasteiger partial charge is 0.196 e. The molecule has 146 valence electrons. The Kier molecular flexibility index (Phi) is 6.17. The number of benzene rings is 3. The van der Waals surface area contributed by atoms with Crippen molar-refractivity contribution in [2.75, 3.05) is 12.4 Å². The quantitative estimate of drug-likeness (QED) is 0.268. The zero-order valence-electron chi connectivity index (χ0n) is 16.0. The number of halogens is 1. The Morgan fingerprint density at radius 1 is 0.897 bits per heavy atom. The van der Waals surface area contributed by atoms with E-state index in [1.165, 1.54) is 5.56 Å². The summed E-state index contributed by atoms with van der Waals surface area (Å²) in [6.07, 6.45) is 0. The largest absolute Gasteiger partial charge is 0.493 e. The van der Waals surface area contributed by atoms with E-state index in [0.717, 1.165) is 33.7 Å². The van der Waals surface area contributed by atoms with Gasteiger partial charge in [-0.3, -0.25) is 4.57 Å². The second kappa shape index (κ2) is 9.16. The van der Waals surface area contributed by atoms with Crippen molar-refractivity contribution in [1.29, 1.82) is 0 Å². The summed E-state index contributed by atoms with van der Waals surface area (Å²) in [7, 11) is 0. The second-order valence-corrected chi connectivity index (χ2v) is 7.99. The fourth-order valence-electron chi connectivity index (χ4n) is 2.89. The van der Waals surface area contributed by atoms with Gasteiger partial charge in [-0.05, 0) is 43.3 Å². The third kappa shape index (κ3) is 4.81. The zero-order chi connectivity index (χ0) is 20.1. The Morgan fingerprint density at radius 2 is 1.62 bits per heavy atom. The molecule has 0 unspecified atom stereocenters. The monoisotopic (exact) mass is 421 g/mol. The lowest BCUT2D eigenvalue weighted by molar-refractivity contribution is 0.344. The van der Waals surface area contributed by atoms with E-state index in [1.54, 1.807) is 11.8 Å². The third-order valence-corrected chi connectivity index (χ3v) is 5.50. The summed E-state index contributed by atoms with van der Waals surface area (Å²) < 4.78 is 7.90. The third-order valence-electron chi connectivity index (χ3n) is 4.35. The minimum atomic E-state index is 0.585. The predicted octanol–water partition coefficient (Wildman–Crippen LogP) is 6.07. The summed E-state index contributed by atoms with van der Waals surface area (Å²) in [6.45, 7) is 2.65. The Morgan fingerprint density at radius 3 is 2.34 bits per heavy atom. The summed E-state index contributed by atoms with van der Waals surface area (Å²) in [5.41, 5.74) is 3.20. The Balaban J connectivity index is 1.54. The summed E-state index contributed by atoms with van der Waals surface area (Å²) in [5, 5.41) is 10.4. The SMILES string of the molecule is Cc1ccc(OCCSc2nnc(-c3ccccc3)n2-c2ccc(Cl)cc2)cc1. The lowest BCUT2D eigenvalue weighted by Gasteiger charge is -2.11. The van der Waals surface area contributed by atoms with Crippen molar-refractivity contribution in [3.63, 3.8) is 0 Å². The molecule has 0 saturated carbocycles. The summed E-state index contributed by atoms with van der Waals surface area (Å²) >= 11 is 7.69. The first-order valence-corrected chi connectivity index (χ1v) is 10.7. The van der Waals surface area contributed by atoms with Crippen molar-refractivity contribution >= 4 is 23.4 Å². The van der Waals surface area contributed by atoms with Gasteiger partial charge in [0.1, 0.15) is 5.75 Å². The van der Waals surface area contributed by atoms with Crippen LogP contribution in [-0.2, 0) is 0 Å². The van der Waals surface area contributed by atoms with Crippen molar-refractivity contribution < 1.29 is 4.74 Å². The molecule has 0 radical (unpaired) electrons. The van der Waals surface area contributed by atoms with Gasteiger partial charge in [-0.2, -0.15) is 0 Å². The lowest BCUT2D eigenvalue weighted by atomic mass is 10.2. The molecule has 0 aliphatic carbocycles. The van der Waals surface area contributed by atoms with Gasteiger partial charge in [-0.1, -0.05) is 71.4 Å². The van der Waals surface area contributed by atoms with Crippen molar-refractivity contribution in [1.82, 2.24) is 14.8 Å². The zero-order valence-corrected chi connectivity index (χ0v) is 17.5. The van der Waals surface area contributed by atoms with Crippen LogP contribution >= 0.6 is 23.4 Å². The highest BCUT2D eigenvalue weighted by Crippen LogP contribution is 2.28. The van der Waals surface area contributed by atoms with Gasteiger partial charge < -0.3 is 4.74 Å². The number of thioether (sulfide) groups is 1. The number of ether oxygens (including phenoxy) is 1. The molecule has 0 aliphatic rings. The topological polar surface area (TPSA) is 39.9 Å². The van der Waals surface area contributed by atoms with E-state index in [2.05, 4.69) is 21.7 Å². The normalized spacial score (nSPS) is 10.8. The van der Waals surface area contributed by atoms with Crippen molar-refractivity contribution in [3.8, 4) is 22.8 Å². The number of nitrogens with zero attached hydrogens (tertiary/aromatic N) is 3. The number of hydrogen-bond donors (Lipinski definition) is 0. The average molecular weight is 422 g/mol. The molecule has 1 heterocycles. The molecule has 4 aromatic rings. The van der Waals surface area contributed by atoms with Gasteiger partial charge in [0.2, 0.25) is 0 Å². The van der Waals surface area contributed by atoms with E-state index >= 15 is 0 Å². The molecule has 0 amide bonds. The molecule has 0 saturated heterocycles. The maximum atomic E-state index is 6.08. The van der Waals surface area contributed by atoms with Crippen LogP contribution in [0.1, 0.15) is 5.56 Å². The molecule has 0 N–H and O–H groups in total. The summed E-state index contributed by atoms with van der Waals surface area (Å²) in [5.74, 6) is 2.43. The molecule has 0 spiro atoms. The highest BCUT2D eigenvalue weighted by Gasteiger charge is 2.16. The van der Waals surface area contributed by atoms with Crippen LogP contribution < -0.4 is 4.74 Å². The Hall–Kier alpha value is -2.76. The first kappa shape index (κ1) is 19.6. The number of rotatable bonds is 7. The molecule has 4 rings (SSSR count). The first-order valence-electron chi connectivity index (χ1n) is 9.30. The predicted molar refractivity (Wildman–Crippen MR) is 119 cm³/mol. The van der Waals surface area contributed by atoms with Crippen molar-refractivity contribution in [2.45, 2.75) is 12.1 Å². The molecule has 0 atom stereocenters. The van der Waals surface area contributed by atoms with Gasteiger partial charge in [0.15, 0.2) is 11.0 Å². The number of aryl methyl sites for hydroxylation is 1. The van der Waals surface area contributed by atoms with Crippen LogP contribution in [0.15, 0.2) is 84.0 Å². The van der Waals surface area contributed by atoms with Crippen LogP contribution in [0, 0.1) is 6.92 Å². The van der Waals surface area contributed by atoms with Gasteiger partial charge in [-0.25, -0.2) is 0 Å². The summed E-state index contributed by atoms with van der Waals surface area (Å²) in [4.78, 5) is 0. The van der Waals surface area contributed by atoms with Crippen molar-refractivity contribution in [2.24, 2.45) is 0 Å². The molecule has 0 fully saturated rings. The summed E-state index contributed by atoms with van der Waals surface area (Å²) in [6, 6.07) is 25.8. The molecule has 4 nitrogen and oxygen atoms in total. The molecule has 0 aliphatic heterocycles. The number of hydrogen-bond acceptors (Lipinski definition) is 4. The molecular weight excluding hydrogens is 402 g/mol. The van der Waals surface area contributed by atoms with Gasteiger partial charge in [0, 0.05) is 22.0 Å². The van der Waals surface area contributed by atoms with Crippen molar-refractivity contribution in [3.05, 3.63) is 89.4 Å². The first-order chi connectivity index (χ1) is 14.2. The minimum absolute atomic E-state index is 0.585. The molecule has 29 heavy (non-hydrogen) atoms. The Labute approximate surface area is 179 Å². The fraction of sp³-hybridized carbons (Fsp3) is 0.130. The van der Waals surface area contributed by atoms with Gasteiger partial charge >= 0.3 is 0 Å². The second-order valence-electron chi connectivity index (χ2n) is 6.49. The standard InChI is InChI=1S/C23H20ClN3OS/c1-17-7-13-21(14-8-17)28-15-16-29-23-26-25-22(18-5-3-2-4-6-18)27(23)20-11-9-19(24)10-12-20/h2-14H,15-16H2,1H3. The number of aromatic nitrogens is 3. The van der Waals surface area contributed by atoms with Crippen LogP contribution in [-0.4, -0.2) is 27.1 Å². The molecule has 0 bridgehead atoms. The van der Waals surface area contributed by atoms with E-state index in [1.807, 2.05) is 78.9 Å². The molecular formula is C23H20ClN3OS. The van der Waals surface area contributed by atoms with E-state index in [9.17, 15) is 0 Å². The molecule has 6 heteroatoms.